The van der Waals surface area contributed by atoms with Crippen LogP contribution in [0.15, 0.2) is 82.6 Å². The minimum absolute atomic E-state index is 0.112. The van der Waals surface area contributed by atoms with Crippen LogP contribution < -0.4 is 19.3 Å². The summed E-state index contributed by atoms with van der Waals surface area (Å²) >= 11 is 9.61. The summed E-state index contributed by atoms with van der Waals surface area (Å²) in [5.74, 6) is 0.315. The van der Waals surface area contributed by atoms with Crippen molar-refractivity contribution in [2.24, 2.45) is 5.92 Å². The van der Waals surface area contributed by atoms with Gasteiger partial charge < -0.3 is 0 Å². The standard InChI is InChI=1S/C29H28ClN2OS2/c1-3-32-26(18-24-11-7-8-16-31(24)19-21-9-5-4-6-10-21)35-28(29(32)33)27-20(2)12-13-22-17-23(30)14-15-25(22)34-27/h4-11,14-18,20H,3,12-13,19H2,1-2H3/q+1/b28-27+. The Balaban J connectivity index is 1.64. The quantitative estimate of drug-likeness (QED) is 0.345. The highest BCUT2D eigenvalue weighted by atomic mass is 35.5. The molecule has 35 heavy (non-hydrogen) atoms. The molecule has 5 rings (SSSR count). The zero-order valence-corrected chi connectivity index (χ0v) is 22.3. The summed E-state index contributed by atoms with van der Waals surface area (Å²) < 4.78 is 5.99. The Labute approximate surface area is 219 Å². The van der Waals surface area contributed by atoms with Gasteiger partial charge in [-0.15, -0.1) is 11.3 Å². The van der Waals surface area contributed by atoms with Gasteiger partial charge in [0.25, 0.3) is 5.56 Å². The Kier molecular flexibility index (Phi) is 7.28. The molecule has 2 aromatic carbocycles. The van der Waals surface area contributed by atoms with Gasteiger partial charge in [-0.3, -0.25) is 9.36 Å². The fourth-order valence-electron chi connectivity index (χ4n) is 4.49. The fraction of sp³-hybridized carbons (Fsp3) is 0.241. The van der Waals surface area contributed by atoms with E-state index >= 15 is 0 Å². The lowest BCUT2D eigenvalue weighted by Gasteiger charge is -2.09. The van der Waals surface area contributed by atoms with E-state index in [-0.39, 0.29) is 5.56 Å². The van der Waals surface area contributed by atoms with Crippen LogP contribution in [-0.4, -0.2) is 4.57 Å². The molecule has 0 spiro atoms. The number of hydrogen-bond donors (Lipinski definition) is 0. The van der Waals surface area contributed by atoms with E-state index in [0.717, 1.165) is 39.3 Å². The number of hydrogen-bond acceptors (Lipinski definition) is 3. The lowest BCUT2D eigenvalue weighted by atomic mass is 10.0. The summed E-state index contributed by atoms with van der Waals surface area (Å²) in [6.07, 6.45) is 6.24. The van der Waals surface area contributed by atoms with Gasteiger partial charge in [0.2, 0.25) is 5.69 Å². The van der Waals surface area contributed by atoms with Gasteiger partial charge in [0, 0.05) is 45.1 Å². The molecule has 0 aliphatic carbocycles. The van der Waals surface area contributed by atoms with Crippen molar-refractivity contribution in [3.05, 3.63) is 114 Å². The monoisotopic (exact) mass is 519 g/mol. The summed E-state index contributed by atoms with van der Waals surface area (Å²) in [7, 11) is 0. The lowest BCUT2D eigenvalue weighted by Crippen LogP contribution is -2.38. The molecule has 6 heteroatoms. The van der Waals surface area contributed by atoms with Gasteiger partial charge in [-0.25, -0.2) is 0 Å². The number of aromatic nitrogens is 2. The van der Waals surface area contributed by atoms with Crippen LogP contribution in [0.4, 0.5) is 0 Å². The largest absolute Gasteiger partial charge is 0.299 e. The van der Waals surface area contributed by atoms with Crippen molar-refractivity contribution in [2.45, 2.75) is 44.7 Å². The molecule has 0 saturated heterocycles. The van der Waals surface area contributed by atoms with Gasteiger partial charge in [-0.2, -0.15) is 4.57 Å². The Morgan fingerprint density at radius 1 is 1.11 bits per heavy atom. The highest BCUT2D eigenvalue weighted by Gasteiger charge is 2.22. The van der Waals surface area contributed by atoms with Crippen LogP contribution in [-0.2, 0) is 19.5 Å². The van der Waals surface area contributed by atoms with Gasteiger partial charge in [0.05, 0.1) is 0 Å². The second-order valence-electron chi connectivity index (χ2n) is 8.86. The molecule has 0 amide bonds. The molecule has 1 unspecified atom stereocenters. The van der Waals surface area contributed by atoms with Crippen molar-refractivity contribution in [3.63, 3.8) is 0 Å². The van der Waals surface area contributed by atoms with E-state index in [9.17, 15) is 4.79 Å². The Morgan fingerprint density at radius 2 is 1.91 bits per heavy atom. The number of pyridine rings is 1. The third kappa shape index (κ3) is 5.18. The molecule has 0 saturated carbocycles. The molecule has 178 valence electrons. The Morgan fingerprint density at radius 3 is 2.71 bits per heavy atom. The highest BCUT2D eigenvalue weighted by molar-refractivity contribution is 8.08. The average molecular weight is 520 g/mol. The van der Waals surface area contributed by atoms with E-state index in [1.54, 1.807) is 23.1 Å². The number of halogens is 1. The topological polar surface area (TPSA) is 25.9 Å². The van der Waals surface area contributed by atoms with Crippen LogP contribution in [0.2, 0.25) is 5.02 Å². The van der Waals surface area contributed by atoms with Gasteiger partial charge in [0.15, 0.2) is 12.7 Å². The Bertz CT molecular complexity index is 1540. The van der Waals surface area contributed by atoms with Crippen LogP contribution in [0.5, 0.6) is 0 Å². The van der Waals surface area contributed by atoms with E-state index in [1.165, 1.54) is 20.9 Å². The van der Waals surface area contributed by atoms with Gasteiger partial charge in [-0.05, 0) is 55.5 Å². The first kappa shape index (κ1) is 24.1. The maximum absolute atomic E-state index is 13.6. The van der Waals surface area contributed by atoms with Crippen LogP contribution in [0, 0.1) is 5.92 Å². The van der Waals surface area contributed by atoms with Crippen molar-refractivity contribution in [1.82, 2.24) is 4.57 Å². The third-order valence-corrected chi connectivity index (χ3v) is 9.39. The van der Waals surface area contributed by atoms with Crippen LogP contribution in [0.3, 0.4) is 0 Å². The average Bonchev–Trinajstić information content (AvgIpc) is 3.08. The predicted molar refractivity (Wildman–Crippen MR) is 147 cm³/mol. The molecule has 1 atom stereocenters. The number of thiazole rings is 1. The molecule has 2 aromatic heterocycles. The second kappa shape index (κ2) is 10.6. The van der Waals surface area contributed by atoms with Gasteiger partial charge in [-0.1, -0.05) is 60.6 Å². The van der Waals surface area contributed by atoms with E-state index in [2.05, 4.69) is 78.4 Å². The van der Waals surface area contributed by atoms with Crippen molar-refractivity contribution in [2.75, 3.05) is 0 Å². The first-order valence-electron chi connectivity index (χ1n) is 12.0. The SMILES string of the molecule is CCn1c(=O)/c(=C2\Sc3ccc(Cl)cc3CCC2C)s/c1=C\c1cccc[n+]1Cc1ccccc1. The maximum atomic E-state index is 13.6. The first-order chi connectivity index (χ1) is 17.0. The van der Waals surface area contributed by atoms with E-state index in [4.69, 9.17) is 11.6 Å². The third-order valence-electron chi connectivity index (χ3n) is 6.43. The summed E-state index contributed by atoms with van der Waals surface area (Å²) in [6.45, 7) is 5.71. The zero-order valence-electron chi connectivity index (χ0n) is 19.9. The van der Waals surface area contributed by atoms with E-state index < -0.39 is 0 Å². The molecule has 0 radical (unpaired) electrons. The smallest absolute Gasteiger partial charge is 0.269 e. The molecule has 1 aliphatic heterocycles. The van der Waals surface area contributed by atoms with Crippen molar-refractivity contribution in [3.8, 4) is 0 Å². The summed E-state index contributed by atoms with van der Waals surface area (Å²) in [6, 6.07) is 22.8. The van der Waals surface area contributed by atoms with Gasteiger partial charge in [0.1, 0.15) is 9.20 Å². The van der Waals surface area contributed by atoms with E-state index in [0.29, 0.717) is 12.5 Å². The highest BCUT2D eigenvalue weighted by Crippen LogP contribution is 2.41. The molecule has 3 heterocycles. The van der Waals surface area contributed by atoms with Crippen molar-refractivity contribution >= 4 is 45.7 Å². The van der Waals surface area contributed by atoms with Crippen LogP contribution in [0.25, 0.3) is 11.0 Å². The fourth-order valence-corrected chi connectivity index (χ4v) is 7.31. The summed E-state index contributed by atoms with van der Waals surface area (Å²) in [5.41, 5.74) is 3.71. The normalized spacial score (nSPS) is 17.8. The van der Waals surface area contributed by atoms with Crippen molar-refractivity contribution < 1.29 is 4.57 Å². The molecule has 4 aromatic rings. The number of aryl methyl sites for hydroxylation is 1. The summed E-state index contributed by atoms with van der Waals surface area (Å²) in [5, 5.41) is 0.772. The number of rotatable bonds is 4. The number of fused-ring (bicyclic) bond motifs is 1. The zero-order chi connectivity index (χ0) is 24.4. The number of benzene rings is 2. The summed E-state index contributed by atoms with van der Waals surface area (Å²) in [4.78, 5) is 16.0. The lowest BCUT2D eigenvalue weighted by molar-refractivity contribution is -0.690. The van der Waals surface area contributed by atoms with Crippen molar-refractivity contribution in [1.29, 1.82) is 0 Å². The first-order valence-corrected chi connectivity index (χ1v) is 14.0. The minimum atomic E-state index is 0.112. The predicted octanol–water partition coefficient (Wildman–Crippen LogP) is 5.23. The van der Waals surface area contributed by atoms with Gasteiger partial charge >= 0.3 is 0 Å². The Hall–Kier alpha value is -2.60. The number of thioether (sulfide) groups is 1. The maximum Gasteiger partial charge on any atom is 0.269 e. The molecule has 0 bridgehead atoms. The number of nitrogens with zero attached hydrogens (tertiary/aromatic N) is 2. The molecule has 0 N–H and O–H groups in total. The molecule has 1 aliphatic rings. The van der Waals surface area contributed by atoms with Crippen LogP contribution in [0.1, 0.15) is 37.1 Å². The molecular weight excluding hydrogens is 492 g/mol. The van der Waals surface area contributed by atoms with E-state index in [1.807, 2.05) is 23.6 Å². The van der Waals surface area contributed by atoms with Crippen LogP contribution >= 0.6 is 34.7 Å². The second-order valence-corrected chi connectivity index (χ2v) is 11.4. The molecule has 3 nitrogen and oxygen atoms in total. The molecular formula is C29H28ClN2OS2+. The molecule has 0 fully saturated rings. The minimum Gasteiger partial charge on any atom is -0.299 e.